The van der Waals surface area contributed by atoms with E-state index in [4.69, 9.17) is 5.26 Å². The maximum atomic E-state index is 9.69. The molecule has 0 saturated carbocycles. The number of aryl methyl sites for hydroxylation is 2. The van der Waals surface area contributed by atoms with Crippen LogP contribution in [0.2, 0.25) is 0 Å². The molecule has 0 radical (unpaired) electrons. The summed E-state index contributed by atoms with van der Waals surface area (Å²) in [5.41, 5.74) is 1.78. The highest BCUT2D eigenvalue weighted by molar-refractivity contribution is 5.42. The summed E-state index contributed by atoms with van der Waals surface area (Å²) in [6, 6.07) is 4.54. The van der Waals surface area contributed by atoms with Gasteiger partial charge in [-0.25, -0.2) is 0 Å². The van der Waals surface area contributed by atoms with Gasteiger partial charge in [0.2, 0.25) is 0 Å². The van der Waals surface area contributed by atoms with Crippen molar-refractivity contribution in [3.05, 3.63) is 28.8 Å². The van der Waals surface area contributed by atoms with Crippen molar-refractivity contribution in [3.63, 3.8) is 0 Å². The minimum atomic E-state index is -1.45. The second-order valence-electron chi connectivity index (χ2n) is 3.51. The first-order valence-electron chi connectivity index (χ1n) is 4.53. The highest BCUT2D eigenvalue weighted by Crippen LogP contribution is 2.27. The third-order valence-electron chi connectivity index (χ3n) is 2.31. The first-order valence-corrected chi connectivity index (χ1v) is 4.53. The van der Waals surface area contributed by atoms with Crippen molar-refractivity contribution < 1.29 is 15.3 Å². The monoisotopic (exact) mass is 207 g/mol. The lowest BCUT2D eigenvalue weighted by Gasteiger charge is -2.17. The molecule has 3 N–H and O–H groups in total. The molecule has 15 heavy (non-hydrogen) atoms. The molecular weight excluding hydrogens is 194 g/mol. The summed E-state index contributed by atoms with van der Waals surface area (Å²) < 4.78 is 0. The van der Waals surface area contributed by atoms with Gasteiger partial charge in [0.1, 0.15) is 11.9 Å². The fraction of sp³-hybridized carbons (Fsp3) is 0.364. The smallest absolute Gasteiger partial charge is 0.170 e. The third kappa shape index (κ3) is 2.27. The van der Waals surface area contributed by atoms with Gasteiger partial charge >= 0.3 is 0 Å². The number of hydrogen-bond donors (Lipinski definition) is 3. The summed E-state index contributed by atoms with van der Waals surface area (Å²) >= 11 is 0. The van der Waals surface area contributed by atoms with Gasteiger partial charge in [-0.15, -0.1) is 0 Å². The predicted octanol–water partition coefficient (Wildman–Crippen LogP) is 0.927. The fourth-order valence-electron chi connectivity index (χ4n) is 1.65. The first kappa shape index (κ1) is 11.5. The number of phenols is 1. The van der Waals surface area contributed by atoms with Crippen LogP contribution in [0.15, 0.2) is 12.1 Å². The number of benzene rings is 1. The lowest BCUT2D eigenvalue weighted by molar-refractivity contribution is 0.0519. The van der Waals surface area contributed by atoms with E-state index in [1.165, 1.54) is 12.1 Å². The Balaban J connectivity index is 3.21. The van der Waals surface area contributed by atoms with E-state index in [0.29, 0.717) is 16.7 Å². The zero-order chi connectivity index (χ0) is 11.6. The zero-order valence-electron chi connectivity index (χ0n) is 8.60. The van der Waals surface area contributed by atoms with E-state index in [-0.39, 0.29) is 5.75 Å². The quantitative estimate of drug-likeness (QED) is 0.630. The lowest BCUT2D eigenvalue weighted by atomic mass is 9.95. The van der Waals surface area contributed by atoms with Crippen molar-refractivity contribution >= 4 is 0 Å². The summed E-state index contributed by atoms with van der Waals surface area (Å²) in [6.07, 6.45) is -2.69. The topological polar surface area (TPSA) is 84.5 Å². The number of nitrogens with zero attached hydrogens (tertiary/aromatic N) is 1. The van der Waals surface area contributed by atoms with E-state index in [0.717, 1.165) is 0 Å². The maximum Gasteiger partial charge on any atom is 0.170 e. The molecule has 0 aromatic heterocycles. The molecular formula is C11H13NO3. The van der Waals surface area contributed by atoms with Crippen LogP contribution in [-0.2, 0) is 0 Å². The molecule has 4 nitrogen and oxygen atoms in total. The van der Waals surface area contributed by atoms with Crippen LogP contribution in [0.1, 0.15) is 22.8 Å². The average Bonchev–Trinajstić information content (AvgIpc) is 2.14. The highest BCUT2D eigenvalue weighted by atomic mass is 16.3. The van der Waals surface area contributed by atoms with Gasteiger partial charge < -0.3 is 15.3 Å². The molecule has 1 aromatic carbocycles. The molecule has 1 rings (SSSR count). The Morgan fingerprint density at radius 3 is 2.07 bits per heavy atom. The zero-order valence-corrected chi connectivity index (χ0v) is 8.60. The predicted molar refractivity (Wildman–Crippen MR) is 54.2 cm³/mol. The highest BCUT2D eigenvalue weighted by Gasteiger charge is 2.21. The van der Waals surface area contributed by atoms with E-state index < -0.39 is 12.2 Å². The van der Waals surface area contributed by atoms with E-state index in [2.05, 4.69) is 0 Å². The van der Waals surface area contributed by atoms with Gasteiger partial charge in [-0.05, 0) is 42.7 Å². The molecule has 0 amide bonds. The van der Waals surface area contributed by atoms with Crippen LogP contribution in [0.4, 0.5) is 0 Å². The van der Waals surface area contributed by atoms with Crippen LogP contribution >= 0.6 is 0 Å². The van der Waals surface area contributed by atoms with Crippen LogP contribution in [0.25, 0.3) is 0 Å². The minimum Gasteiger partial charge on any atom is -0.508 e. The Morgan fingerprint density at radius 2 is 1.67 bits per heavy atom. The number of aromatic hydroxyl groups is 1. The Labute approximate surface area is 88.0 Å². The second-order valence-corrected chi connectivity index (χ2v) is 3.51. The van der Waals surface area contributed by atoms with Crippen molar-refractivity contribution in [2.75, 3.05) is 0 Å². The van der Waals surface area contributed by atoms with Gasteiger partial charge in [-0.3, -0.25) is 0 Å². The van der Waals surface area contributed by atoms with Gasteiger partial charge in [-0.2, -0.15) is 5.26 Å². The molecule has 0 spiro atoms. The molecule has 2 atom stereocenters. The number of aliphatic hydroxyl groups is 2. The Kier molecular flexibility index (Phi) is 3.30. The van der Waals surface area contributed by atoms with Gasteiger partial charge in [0, 0.05) is 0 Å². The van der Waals surface area contributed by atoms with Crippen molar-refractivity contribution in [2.24, 2.45) is 0 Å². The molecule has 0 bridgehead atoms. The standard InChI is InChI=1S/C11H13NO3/c1-6-3-8(13)4-7(2)10(6)11(15)9(14)5-12/h3-4,9,11,13-15H,1-2H3. The second kappa shape index (κ2) is 4.30. The van der Waals surface area contributed by atoms with Gasteiger partial charge in [0.25, 0.3) is 0 Å². The minimum absolute atomic E-state index is 0.104. The summed E-state index contributed by atoms with van der Waals surface area (Å²) in [5, 5.41) is 36.7. The van der Waals surface area contributed by atoms with Gasteiger partial charge in [0.05, 0.1) is 6.07 Å². The number of nitriles is 1. The maximum absolute atomic E-state index is 9.69. The molecule has 2 unspecified atom stereocenters. The van der Waals surface area contributed by atoms with Crippen LogP contribution in [0, 0.1) is 25.2 Å². The van der Waals surface area contributed by atoms with Crippen molar-refractivity contribution in [3.8, 4) is 11.8 Å². The van der Waals surface area contributed by atoms with Crippen LogP contribution in [0.3, 0.4) is 0 Å². The van der Waals surface area contributed by atoms with E-state index in [1.807, 2.05) is 0 Å². The fourth-order valence-corrected chi connectivity index (χ4v) is 1.65. The molecule has 0 aliphatic carbocycles. The van der Waals surface area contributed by atoms with E-state index >= 15 is 0 Å². The van der Waals surface area contributed by atoms with E-state index in [9.17, 15) is 15.3 Å². The normalized spacial score (nSPS) is 14.3. The molecule has 80 valence electrons. The molecule has 0 fully saturated rings. The largest absolute Gasteiger partial charge is 0.508 e. The van der Waals surface area contributed by atoms with Crippen molar-refractivity contribution in [2.45, 2.75) is 26.1 Å². The van der Waals surface area contributed by atoms with Crippen LogP contribution in [0.5, 0.6) is 5.75 Å². The Morgan fingerprint density at radius 1 is 1.20 bits per heavy atom. The number of hydrogen-bond acceptors (Lipinski definition) is 4. The average molecular weight is 207 g/mol. The molecule has 4 heteroatoms. The van der Waals surface area contributed by atoms with Gasteiger partial charge in [0.15, 0.2) is 6.10 Å². The third-order valence-corrected chi connectivity index (χ3v) is 2.31. The number of rotatable bonds is 2. The number of aliphatic hydroxyl groups excluding tert-OH is 2. The van der Waals surface area contributed by atoms with Gasteiger partial charge in [-0.1, -0.05) is 0 Å². The van der Waals surface area contributed by atoms with E-state index in [1.54, 1.807) is 19.9 Å². The summed E-state index contributed by atoms with van der Waals surface area (Å²) in [5.74, 6) is 0.104. The summed E-state index contributed by atoms with van der Waals surface area (Å²) in [4.78, 5) is 0. The first-order chi connectivity index (χ1) is 6.97. The van der Waals surface area contributed by atoms with Crippen LogP contribution in [-0.4, -0.2) is 21.4 Å². The SMILES string of the molecule is Cc1cc(O)cc(C)c1C(O)C(O)C#N. The molecule has 0 aliphatic rings. The molecule has 0 saturated heterocycles. The molecule has 1 aromatic rings. The Bertz CT molecular complexity index is 386. The van der Waals surface area contributed by atoms with Crippen LogP contribution < -0.4 is 0 Å². The molecule has 0 aliphatic heterocycles. The van der Waals surface area contributed by atoms with Crippen molar-refractivity contribution in [1.82, 2.24) is 0 Å². The molecule has 0 heterocycles. The summed E-state index contributed by atoms with van der Waals surface area (Å²) in [6.45, 7) is 3.41. The summed E-state index contributed by atoms with van der Waals surface area (Å²) in [7, 11) is 0. The Hall–Kier alpha value is -1.57. The number of phenolic OH excluding ortho intramolecular Hbond substituents is 1. The lowest BCUT2D eigenvalue weighted by Crippen LogP contribution is -2.17. The van der Waals surface area contributed by atoms with Crippen molar-refractivity contribution in [1.29, 1.82) is 5.26 Å².